The number of carbonyl (C=O) groups excluding carboxylic acids is 1. The van der Waals surface area contributed by atoms with Gasteiger partial charge in [0.1, 0.15) is 5.76 Å². The Balaban J connectivity index is 1.62. The monoisotopic (exact) mass is 408 g/mol. The number of hydrogen-bond donors (Lipinski definition) is 0. The van der Waals surface area contributed by atoms with Crippen molar-refractivity contribution in [3.8, 4) is 11.5 Å². The van der Waals surface area contributed by atoms with Crippen LogP contribution < -0.4 is 9.47 Å². The van der Waals surface area contributed by atoms with Gasteiger partial charge in [-0.15, -0.1) is 0 Å². The highest BCUT2D eigenvalue weighted by molar-refractivity contribution is 5.91. The second kappa shape index (κ2) is 8.11. The van der Waals surface area contributed by atoms with E-state index < -0.39 is 0 Å². The Morgan fingerprint density at radius 1 is 1.20 bits per heavy atom. The zero-order valence-corrected chi connectivity index (χ0v) is 18.0. The molecule has 1 aliphatic carbocycles. The second-order valence-electron chi connectivity index (χ2n) is 8.13. The lowest BCUT2D eigenvalue weighted by Crippen LogP contribution is -2.43. The number of pyridine rings is 1. The molecule has 1 saturated heterocycles. The summed E-state index contributed by atoms with van der Waals surface area (Å²) in [6, 6.07) is 8.27. The van der Waals surface area contributed by atoms with E-state index in [1.54, 1.807) is 26.6 Å². The topological polar surface area (TPSA) is 60.9 Å². The predicted octanol–water partition coefficient (Wildman–Crippen LogP) is 3.88. The van der Waals surface area contributed by atoms with Gasteiger partial charge in [-0.25, -0.2) is 4.79 Å². The van der Waals surface area contributed by atoms with Crippen molar-refractivity contribution in [3.63, 3.8) is 0 Å². The maximum absolute atomic E-state index is 12.7. The summed E-state index contributed by atoms with van der Waals surface area (Å²) in [6.07, 6.45) is 7.87. The van der Waals surface area contributed by atoms with Gasteiger partial charge in [-0.1, -0.05) is 6.07 Å². The number of ether oxygens (including phenoxy) is 3. The van der Waals surface area contributed by atoms with Crippen LogP contribution in [-0.4, -0.2) is 49.7 Å². The molecule has 1 aromatic heterocycles. The largest absolute Gasteiger partial charge is 0.493 e. The lowest BCUT2D eigenvalue weighted by Gasteiger charge is -2.40. The fraction of sp³-hybridized carbons (Fsp3) is 0.417. The molecule has 30 heavy (non-hydrogen) atoms. The van der Waals surface area contributed by atoms with E-state index in [1.165, 1.54) is 5.56 Å². The summed E-state index contributed by atoms with van der Waals surface area (Å²) in [5.41, 5.74) is 2.58. The molecule has 2 aromatic rings. The number of rotatable bonds is 5. The number of nitrogens with zero attached hydrogens (tertiary/aromatic N) is 2. The van der Waals surface area contributed by atoms with E-state index in [2.05, 4.69) is 35.1 Å². The van der Waals surface area contributed by atoms with Crippen molar-refractivity contribution in [2.24, 2.45) is 0 Å². The molecule has 0 saturated carbocycles. The van der Waals surface area contributed by atoms with Crippen molar-refractivity contribution >= 4 is 5.97 Å². The first kappa shape index (κ1) is 20.4. The molecule has 6 heteroatoms. The molecule has 0 amide bonds. The number of carbonyl (C=O) groups is 1. The quantitative estimate of drug-likeness (QED) is 0.700. The molecule has 0 spiro atoms. The van der Waals surface area contributed by atoms with Crippen LogP contribution in [0.5, 0.6) is 11.5 Å². The summed E-state index contributed by atoms with van der Waals surface area (Å²) in [4.78, 5) is 19.1. The molecule has 0 bridgehead atoms. The molecule has 2 unspecified atom stereocenters. The molecule has 158 valence electrons. The Morgan fingerprint density at radius 3 is 2.73 bits per heavy atom. The van der Waals surface area contributed by atoms with E-state index in [0.29, 0.717) is 12.0 Å². The average molecular weight is 408 g/mol. The van der Waals surface area contributed by atoms with Crippen molar-refractivity contribution in [1.82, 2.24) is 9.88 Å². The molecule has 0 N–H and O–H groups in total. The number of fused-ring (bicyclic) bond motifs is 1. The van der Waals surface area contributed by atoms with Gasteiger partial charge >= 0.3 is 5.97 Å². The van der Waals surface area contributed by atoms with Crippen LogP contribution in [0.4, 0.5) is 0 Å². The molecule has 2 heterocycles. The number of likely N-dealkylation sites (N-methyl/N-ethyl adjacent to an activating group) is 1. The van der Waals surface area contributed by atoms with Gasteiger partial charge in [0.25, 0.3) is 0 Å². The Hall–Kier alpha value is -2.86. The van der Waals surface area contributed by atoms with Gasteiger partial charge in [-0.3, -0.25) is 4.98 Å². The third kappa shape index (κ3) is 3.45. The second-order valence-corrected chi connectivity index (χ2v) is 8.13. The molecule has 6 nitrogen and oxygen atoms in total. The molecular formula is C24H28N2O4. The maximum Gasteiger partial charge on any atom is 0.345 e. The van der Waals surface area contributed by atoms with E-state index in [1.807, 2.05) is 19.1 Å². The van der Waals surface area contributed by atoms with Gasteiger partial charge in [0, 0.05) is 30.3 Å². The van der Waals surface area contributed by atoms with Crippen LogP contribution in [0.2, 0.25) is 0 Å². The van der Waals surface area contributed by atoms with E-state index in [4.69, 9.17) is 14.2 Å². The van der Waals surface area contributed by atoms with Crippen LogP contribution in [0, 0.1) is 6.92 Å². The Kier molecular flexibility index (Phi) is 5.52. The fourth-order valence-electron chi connectivity index (χ4n) is 4.81. The molecule has 2 atom stereocenters. The Bertz CT molecular complexity index is 987. The first-order valence-electron chi connectivity index (χ1n) is 10.2. The number of methoxy groups -OCH3 is 2. The van der Waals surface area contributed by atoms with E-state index in [0.717, 1.165) is 42.2 Å². The van der Waals surface area contributed by atoms with Gasteiger partial charge in [0.05, 0.1) is 19.8 Å². The highest BCUT2D eigenvalue weighted by Gasteiger charge is 2.49. The van der Waals surface area contributed by atoms with Gasteiger partial charge in [0.2, 0.25) is 0 Å². The third-order valence-electron chi connectivity index (χ3n) is 6.61. The third-order valence-corrected chi connectivity index (χ3v) is 6.61. The van der Waals surface area contributed by atoms with Crippen LogP contribution in [-0.2, 0) is 10.2 Å². The van der Waals surface area contributed by atoms with Gasteiger partial charge in [-0.05, 0) is 68.8 Å². The summed E-state index contributed by atoms with van der Waals surface area (Å²) in [5, 5.41) is 0. The summed E-state index contributed by atoms with van der Waals surface area (Å²) in [5.74, 6) is 1.86. The molecule has 1 aliphatic heterocycles. The van der Waals surface area contributed by atoms with Crippen molar-refractivity contribution in [2.75, 3.05) is 27.8 Å². The van der Waals surface area contributed by atoms with Crippen LogP contribution in [0.1, 0.15) is 40.7 Å². The molecule has 4 rings (SSSR count). The minimum atomic E-state index is -0.342. The summed E-state index contributed by atoms with van der Waals surface area (Å²) in [6.45, 7) is 2.89. The first-order valence-corrected chi connectivity index (χ1v) is 10.2. The number of likely N-dealkylation sites (tertiary alicyclic amines) is 1. The average Bonchev–Trinajstić information content (AvgIpc) is 3.10. The van der Waals surface area contributed by atoms with Gasteiger partial charge in [0.15, 0.2) is 11.5 Å². The highest BCUT2D eigenvalue weighted by atomic mass is 16.5. The zero-order valence-electron chi connectivity index (χ0n) is 18.0. The lowest BCUT2D eigenvalue weighted by atomic mass is 9.68. The fourth-order valence-corrected chi connectivity index (χ4v) is 4.81. The number of aromatic nitrogens is 1. The first-order chi connectivity index (χ1) is 14.5. The minimum absolute atomic E-state index is 0.0333. The molecule has 1 fully saturated rings. The van der Waals surface area contributed by atoms with Crippen LogP contribution in [0.25, 0.3) is 0 Å². The maximum atomic E-state index is 12.7. The lowest BCUT2D eigenvalue weighted by molar-refractivity contribution is 0.0578. The Labute approximate surface area is 177 Å². The van der Waals surface area contributed by atoms with Crippen LogP contribution >= 0.6 is 0 Å². The van der Waals surface area contributed by atoms with Crippen molar-refractivity contribution in [1.29, 1.82) is 0 Å². The number of benzene rings is 1. The zero-order chi connectivity index (χ0) is 21.3. The normalized spacial score (nSPS) is 23.5. The summed E-state index contributed by atoms with van der Waals surface area (Å²) < 4.78 is 16.7. The number of allylic oxidation sites excluding steroid dienone is 1. The SMILES string of the molecule is COc1ccc(C23CC=C(OC(=O)c4cnccc4C)CC2N(C)CC3)cc1OC. The summed E-state index contributed by atoms with van der Waals surface area (Å²) >= 11 is 0. The molecular weight excluding hydrogens is 380 g/mol. The Morgan fingerprint density at radius 2 is 2.00 bits per heavy atom. The van der Waals surface area contributed by atoms with Crippen LogP contribution in [0.3, 0.4) is 0 Å². The number of esters is 1. The van der Waals surface area contributed by atoms with Crippen molar-refractivity contribution in [3.05, 3.63) is 65.2 Å². The van der Waals surface area contributed by atoms with Crippen molar-refractivity contribution in [2.45, 2.75) is 37.6 Å². The van der Waals surface area contributed by atoms with Gasteiger partial charge in [-0.2, -0.15) is 0 Å². The highest BCUT2D eigenvalue weighted by Crippen LogP contribution is 2.49. The molecule has 1 aromatic carbocycles. The smallest absolute Gasteiger partial charge is 0.345 e. The molecule has 2 aliphatic rings. The van der Waals surface area contributed by atoms with Gasteiger partial charge < -0.3 is 19.1 Å². The standard InChI is InChI=1S/C24H28N2O4/c1-16-8-11-25-15-19(16)23(27)30-18-7-9-24(10-12-26(2)22(24)14-18)17-5-6-20(28-3)21(13-17)29-4/h5-8,11,13,15,22H,9-10,12,14H2,1-4H3. The predicted molar refractivity (Wildman–Crippen MR) is 114 cm³/mol. The van der Waals surface area contributed by atoms with E-state index in [-0.39, 0.29) is 17.4 Å². The van der Waals surface area contributed by atoms with Crippen LogP contribution in [0.15, 0.2) is 48.5 Å². The van der Waals surface area contributed by atoms with E-state index in [9.17, 15) is 4.79 Å². The van der Waals surface area contributed by atoms with Crippen molar-refractivity contribution < 1.29 is 19.0 Å². The molecule has 0 radical (unpaired) electrons. The number of hydrogen-bond acceptors (Lipinski definition) is 6. The summed E-state index contributed by atoms with van der Waals surface area (Å²) in [7, 11) is 5.45. The van der Waals surface area contributed by atoms with E-state index >= 15 is 0 Å². The minimum Gasteiger partial charge on any atom is -0.493 e. The number of aryl methyl sites for hydroxylation is 1.